The third-order valence-corrected chi connectivity index (χ3v) is 2.94. The summed E-state index contributed by atoms with van der Waals surface area (Å²) in [6.07, 6.45) is 0. The number of nitrogens with one attached hydrogen (secondary N) is 1. The van der Waals surface area contributed by atoms with Gasteiger partial charge in [-0.05, 0) is 39.4 Å². The van der Waals surface area contributed by atoms with Gasteiger partial charge in [0.25, 0.3) is 0 Å². The maximum absolute atomic E-state index is 12.2. The number of likely N-dealkylation sites (N-methyl/N-ethyl adjacent to an activating group) is 2. The molecular formula is C13H20N2O. The summed E-state index contributed by atoms with van der Waals surface area (Å²) in [5.41, 5.74) is 1.51. The van der Waals surface area contributed by atoms with Gasteiger partial charge in [0.15, 0.2) is 0 Å². The van der Waals surface area contributed by atoms with Gasteiger partial charge in [0.1, 0.15) is 0 Å². The van der Waals surface area contributed by atoms with Gasteiger partial charge in [-0.15, -0.1) is 0 Å². The van der Waals surface area contributed by atoms with Crippen LogP contribution in [-0.4, -0.2) is 25.5 Å². The second kappa shape index (κ2) is 4.66. The Balaban J connectivity index is 3.00. The van der Waals surface area contributed by atoms with Gasteiger partial charge in [-0.25, -0.2) is 0 Å². The number of rotatable bonds is 3. The molecule has 0 spiro atoms. The molecule has 0 unspecified atom stereocenters. The van der Waals surface area contributed by atoms with Crippen LogP contribution in [-0.2, 0) is 4.79 Å². The molecule has 88 valence electrons. The Hall–Kier alpha value is -1.35. The highest BCUT2D eigenvalue weighted by molar-refractivity contribution is 5.99. The van der Waals surface area contributed by atoms with Crippen molar-refractivity contribution in [2.75, 3.05) is 19.0 Å². The number of para-hydroxylation sites is 1. The van der Waals surface area contributed by atoms with E-state index in [9.17, 15) is 4.79 Å². The summed E-state index contributed by atoms with van der Waals surface area (Å²) < 4.78 is 0. The fraction of sp³-hybridized carbons (Fsp3) is 0.462. The van der Waals surface area contributed by atoms with Crippen LogP contribution in [0.5, 0.6) is 0 Å². The predicted octanol–water partition coefficient (Wildman–Crippen LogP) is 1.96. The molecule has 0 aliphatic rings. The van der Waals surface area contributed by atoms with E-state index in [1.807, 2.05) is 52.1 Å². The van der Waals surface area contributed by atoms with Crippen molar-refractivity contribution in [1.82, 2.24) is 5.32 Å². The molecule has 0 bridgehead atoms. The molecule has 0 saturated carbocycles. The summed E-state index contributed by atoms with van der Waals surface area (Å²) in [6.45, 7) is 5.76. The summed E-state index contributed by atoms with van der Waals surface area (Å²) in [6, 6.07) is 7.88. The Morgan fingerprint density at radius 2 is 1.88 bits per heavy atom. The third kappa shape index (κ3) is 2.42. The maximum Gasteiger partial charge on any atom is 0.246 e. The lowest BCUT2D eigenvalue weighted by atomic mass is 10.0. The van der Waals surface area contributed by atoms with Crippen LogP contribution in [0.4, 0.5) is 5.69 Å². The van der Waals surface area contributed by atoms with Gasteiger partial charge in [-0.1, -0.05) is 18.2 Å². The number of aryl methyl sites for hydroxylation is 1. The van der Waals surface area contributed by atoms with Crippen LogP contribution in [0.25, 0.3) is 0 Å². The third-order valence-electron chi connectivity index (χ3n) is 2.94. The Kier molecular flexibility index (Phi) is 3.70. The van der Waals surface area contributed by atoms with Crippen LogP contribution in [0.1, 0.15) is 19.4 Å². The highest BCUT2D eigenvalue weighted by atomic mass is 16.2. The highest BCUT2D eigenvalue weighted by Gasteiger charge is 2.29. The van der Waals surface area contributed by atoms with Crippen LogP contribution < -0.4 is 10.2 Å². The zero-order valence-electron chi connectivity index (χ0n) is 10.7. The standard InChI is InChI=1S/C13H20N2O/c1-10-8-6-7-9-11(10)15(5)12(16)13(2,3)14-4/h6-9,14H,1-5H3. The van der Waals surface area contributed by atoms with Crippen LogP contribution in [0.2, 0.25) is 0 Å². The zero-order chi connectivity index (χ0) is 12.3. The molecule has 1 N–H and O–H groups in total. The molecule has 0 fully saturated rings. The lowest BCUT2D eigenvalue weighted by Gasteiger charge is -2.29. The van der Waals surface area contributed by atoms with Crippen molar-refractivity contribution >= 4 is 11.6 Å². The number of anilines is 1. The van der Waals surface area contributed by atoms with Gasteiger partial charge >= 0.3 is 0 Å². The number of carbonyl (C=O) groups is 1. The van der Waals surface area contributed by atoms with E-state index in [2.05, 4.69) is 5.32 Å². The van der Waals surface area contributed by atoms with E-state index in [0.717, 1.165) is 11.3 Å². The van der Waals surface area contributed by atoms with Crippen molar-refractivity contribution in [3.63, 3.8) is 0 Å². The summed E-state index contributed by atoms with van der Waals surface area (Å²) in [7, 11) is 3.60. The van der Waals surface area contributed by atoms with E-state index in [1.54, 1.807) is 11.9 Å². The molecule has 1 amide bonds. The number of hydrogen-bond acceptors (Lipinski definition) is 2. The van der Waals surface area contributed by atoms with Crippen LogP contribution >= 0.6 is 0 Å². The van der Waals surface area contributed by atoms with Gasteiger partial charge < -0.3 is 10.2 Å². The first kappa shape index (κ1) is 12.7. The molecule has 1 aromatic rings. The monoisotopic (exact) mass is 220 g/mol. The molecule has 0 heterocycles. The van der Waals surface area contributed by atoms with E-state index in [-0.39, 0.29) is 5.91 Å². The van der Waals surface area contributed by atoms with Crippen molar-refractivity contribution in [1.29, 1.82) is 0 Å². The molecule has 1 aromatic carbocycles. The minimum absolute atomic E-state index is 0.0595. The second-order valence-electron chi connectivity index (χ2n) is 4.53. The molecule has 0 atom stereocenters. The van der Waals surface area contributed by atoms with Crippen molar-refractivity contribution in [3.05, 3.63) is 29.8 Å². The van der Waals surface area contributed by atoms with Crippen molar-refractivity contribution < 1.29 is 4.79 Å². The molecule has 0 aliphatic heterocycles. The van der Waals surface area contributed by atoms with Gasteiger partial charge in [0.05, 0.1) is 5.54 Å². The quantitative estimate of drug-likeness (QED) is 0.844. The number of amides is 1. The minimum atomic E-state index is -0.545. The summed E-state index contributed by atoms with van der Waals surface area (Å²) in [4.78, 5) is 13.9. The van der Waals surface area contributed by atoms with Gasteiger partial charge in [-0.2, -0.15) is 0 Å². The lowest BCUT2D eigenvalue weighted by molar-refractivity contribution is -0.123. The van der Waals surface area contributed by atoms with E-state index in [4.69, 9.17) is 0 Å². The van der Waals surface area contributed by atoms with E-state index < -0.39 is 5.54 Å². The maximum atomic E-state index is 12.2. The van der Waals surface area contributed by atoms with Crippen LogP contribution in [0, 0.1) is 6.92 Å². The van der Waals surface area contributed by atoms with Gasteiger partial charge in [0.2, 0.25) is 5.91 Å². The molecule has 3 heteroatoms. The summed E-state index contributed by atoms with van der Waals surface area (Å²) in [5, 5.41) is 3.02. The predicted molar refractivity (Wildman–Crippen MR) is 67.7 cm³/mol. The van der Waals surface area contributed by atoms with Crippen molar-refractivity contribution in [3.8, 4) is 0 Å². The van der Waals surface area contributed by atoms with Gasteiger partial charge in [-0.3, -0.25) is 4.79 Å². The normalized spacial score (nSPS) is 11.3. The average molecular weight is 220 g/mol. The average Bonchev–Trinajstić information content (AvgIpc) is 2.27. The molecule has 0 saturated heterocycles. The second-order valence-corrected chi connectivity index (χ2v) is 4.53. The molecule has 0 radical (unpaired) electrons. The van der Waals surface area contributed by atoms with E-state index in [1.165, 1.54) is 0 Å². The number of carbonyl (C=O) groups excluding carboxylic acids is 1. The Labute approximate surface area is 97.5 Å². The van der Waals surface area contributed by atoms with Gasteiger partial charge in [0, 0.05) is 12.7 Å². The first-order chi connectivity index (χ1) is 7.40. The highest BCUT2D eigenvalue weighted by Crippen LogP contribution is 2.20. The zero-order valence-corrected chi connectivity index (χ0v) is 10.7. The number of nitrogens with zero attached hydrogens (tertiary/aromatic N) is 1. The molecule has 0 aliphatic carbocycles. The van der Waals surface area contributed by atoms with E-state index in [0.29, 0.717) is 0 Å². The Bertz CT molecular complexity index is 385. The summed E-state index contributed by atoms with van der Waals surface area (Å²) >= 11 is 0. The van der Waals surface area contributed by atoms with Crippen molar-refractivity contribution in [2.45, 2.75) is 26.3 Å². The molecule has 1 rings (SSSR count). The molecule has 3 nitrogen and oxygen atoms in total. The van der Waals surface area contributed by atoms with Crippen LogP contribution in [0.3, 0.4) is 0 Å². The topological polar surface area (TPSA) is 32.3 Å². The number of hydrogen-bond donors (Lipinski definition) is 1. The molecule has 0 aromatic heterocycles. The van der Waals surface area contributed by atoms with Crippen LogP contribution in [0.15, 0.2) is 24.3 Å². The smallest absolute Gasteiger partial charge is 0.246 e. The molecular weight excluding hydrogens is 200 g/mol. The van der Waals surface area contributed by atoms with Crippen molar-refractivity contribution in [2.24, 2.45) is 0 Å². The lowest BCUT2D eigenvalue weighted by Crippen LogP contribution is -2.51. The Morgan fingerprint density at radius 3 is 2.38 bits per heavy atom. The molecule has 16 heavy (non-hydrogen) atoms. The largest absolute Gasteiger partial charge is 0.314 e. The first-order valence-corrected chi connectivity index (χ1v) is 5.43. The van der Waals surface area contributed by atoms with E-state index >= 15 is 0 Å². The Morgan fingerprint density at radius 1 is 1.31 bits per heavy atom. The fourth-order valence-corrected chi connectivity index (χ4v) is 1.58. The number of benzene rings is 1. The minimum Gasteiger partial charge on any atom is -0.314 e. The SMILES string of the molecule is CNC(C)(C)C(=O)N(C)c1ccccc1C. The first-order valence-electron chi connectivity index (χ1n) is 5.43. The summed E-state index contributed by atoms with van der Waals surface area (Å²) in [5.74, 6) is 0.0595. The fourth-order valence-electron chi connectivity index (χ4n) is 1.58.